The zero-order chi connectivity index (χ0) is 23.1. The molecule has 7 nitrogen and oxygen atoms in total. The number of halogens is 2. The topological polar surface area (TPSA) is 108 Å². The standard InChI is InChI=1S/C21H15Cl2N3O4S2/c22-15-6-1-12(9-16(15)23)17-10-32-21(25-17)26-19(28)11-31-14-4-2-13(3-5-14)24-18(27)7-8-20(29)30/h1-10H,11H2,(H,24,27)(H,29,30)(H,25,26,28)/b8-7+. The number of thiazole rings is 1. The molecule has 0 saturated carbocycles. The lowest BCUT2D eigenvalue weighted by atomic mass is 10.2. The van der Waals surface area contributed by atoms with Crippen molar-refractivity contribution in [1.29, 1.82) is 0 Å². The smallest absolute Gasteiger partial charge is 0.328 e. The summed E-state index contributed by atoms with van der Waals surface area (Å²) in [4.78, 5) is 39.5. The van der Waals surface area contributed by atoms with Gasteiger partial charge in [-0.15, -0.1) is 23.1 Å². The Hall–Kier alpha value is -2.85. The number of nitrogens with one attached hydrogen (secondary N) is 2. The summed E-state index contributed by atoms with van der Waals surface area (Å²) in [5, 5.41) is 17.0. The Balaban J connectivity index is 1.50. The van der Waals surface area contributed by atoms with Crippen molar-refractivity contribution in [3.63, 3.8) is 0 Å². The number of rotatable bonds is 8. The monoisotopic (exact) mass is 507 g/mol. The first-order chi connectivity index (χ1) is 15.3. The van der Waals surface area contributed by atoms with Gasteiger partial charge in [-0.2, -0.15) is 0 Å². The molecule has 0 fully saturated rings. The van der Waals surface area contributed by atoms with E-state index in [1.165, 1.54) is 23.1 Å². The van der Waals surface area contributed by atoms with E-state index in [0.717, 1.165) is 22.6 Å². The van der Waals surface area contributed by atoms with Crippen molar-refractivity contribution in [3.05, 3.63) is 70.0 Å². The Morgan fingerprint density at radius 3 is 2.47 bits per heavy atom. The first-order valence-electron chi connectivity index (χ1n) is 8.96. The lowest BCUT2D eigenvalue weighted by Gasteiger charge is -2.05. The van der Waals surface area contributed by atoms with E-state index >= 15 is 0 Å². The molecule has 0 spiro atoms. The Morgan fingerprint density at radius 1 is 1.03 bits per heavy atom. The van der Waals surface area contributed by atoms with Crippen LogP contribution in [0.5, 0.6) is 0 Å². The van der Waals surface area contributed by atoms with E-state index in [-0.39, 0.29) is 11.7 Å². The van der Waals surface area contributed by atoms with Gasteiger partial charge in [-0.25, -0.2) is 9.78 Å². The minimum absolute atomic E-state index is 0.175. The predicted octanol–water partition coefficient (Wildman–Crippen LogP) is 5.43. The van der Waals surface area contributed by atoms with E-state index in [0.29, 0.717) is 26.6 Å². The van der Waals surface area contributed by atoms with Gasteiger partial charge in [0.05, 0.1) is 21.5 Å². The minimum atomic E-state index is -1.20. The van der Waals surface area contributed by atoms with Gasteiger partial charge in [0.1, 0.15) is 0 Å². The number of nitrogens with zero attached hydrogens (tertiary/aromatic N) is 1. The summed E-state index contributed by atoms with van der Waals surface area (Å²) in [5.41, 5.74) is 2.00. The van der Waals surface area contributed by atoms with Gasteiger partial charge < -0.3 is 15.7 Å². The quantitative estimate of drug-likeness (QED) is 0.277. The summed E-state index contributed by atoms with van der Waals surface area (Å²) in [6.07, 6.45) is 1.69. The number of carbonyl (C=O) groups excluding carboxylic acids is 2. The summed E-state index contributed by atoms with van der Waals surface area (Å²) in [5.74, 6) is -1.78. The van der Waals surface area contributed by atoms with Gasteiger partial charge in [0.15, 0.2) is 5.13 Å². The largest absolute Gasteiger partial charge is 0.478 e. The summed E-state index contributed by atoms with van der Waals surface area (Å²) in [6, 6.07) is 12.0. The molecule has 1 aromatic heterocycles. The molecule has 2 amide bonds. The fourth-order valence-electron chi connectivity index (χ4n) is 2.39. The molecule has 0 radical (unpaired) electrons. The lowest BCUT2D eigenvalue weighted by Crippen LogP contribution is -2.13. The molecule has 3 rings (SSSR count). The number of amides is 2. The van der Waals surface area contributed by atoms with Crippen molar-refractivity contribution in [2.75, 3.05) is 16.4 Å². The number of hydrogen-bond acceptors (Lipinski definition) is 6. The van der Waals surface area contributed by atoms with Crippen molar-refractivity contribution in [1.82, 2.24) is 4.98 Å². The van der Waals surface area contributed by atoms with Crippen molar-refractivity contribution in [2.24, 2.45) is 0 Å². The van der Waals surface area contributed by atoms with Gasteiger partial charge in [0.25, 0.3) is 0 Å². The molecule has 11 heteroatoms. The Bertz CT molecular complexity index is 1180. The lowest BCUT2D eigenvalue weighted by molar-refractivity contribution is -0.131. The van der Waals surface area contributed by atoms with Gasteiger partial charge in [-0.3, -0.25) is 9.59 Å². The van der Waals surface area contributed by atoms with Crippen LogP contribution in [0.4, 0.5) is 10.8 Å². The molecule has 0 aliphatic carbocycles. The van der Waals surface area contributed by atoms with Gasteiger partial charge in [-0.05, 0) is 36.4 Å². The average Bonchev–Trinajstić information content (AvgIpc) is 3.22. The Labute approximate surface area is 201 Å². The zero-order valence-corrected chi connectivity index (χ0v) is 19.3. The Morgan fingerprint density at radius 2 is 1.78 bits per heavy atom. The molecule has 0 aliphatic rings. The fourth-order valence-corrected chi connectivity index (χ4v) is 4.12. The number of anilines is 2. The number of hydrogen-bond donors (Lipinski definition) is 3. The molecule has 164 valence electrons. The zero-order valence-electron chi connectivity index (χ0n) is 16.2. The molecule has 0 saturated heterocycles. The third-order valence-corrected chi connectivity index (χ3v) is 6.34. The second kappa shape index (κ2) is 11.1. The summed E-state index contributed by atoms with van der Waals surface area (Å²) in [7, 11) is 0. The number of thioether (sulfide) groups is 1. The first-order valence-corrected chi connectivity index (χ1v) is 11.6. The van der Waals surface area contributed by atoms with Crippen LogP contribution in [0.2, 0.25) is 10.0 Å². The highest BCUT2D eigenvalue weighted by atomic mass is 35.5. The van der Waals surface area contributed by atoms with Crippen LogP contribution in [0.15, 0.2) is 64.9 Å². The third kappa shape index (κ3) is 7.10. The van der Waals surface area contributed by atoms with E-state index < -0.39 is 11.9 Å². The number of carbonyl (C=O) groups is 3. The van der Waals surface area contributed by atoms with E-state index in [9.17, 15) is 14.4 Å². The third-order valence-electron chi connectivity index (χ3n) is 3.83. The fraction of sp³-hybridized carbons (Fsp3) is 0.0476. The molecule has 3 N–H and O–H groups in total. The number of aromatic nitrogens is 1. The summed E-state index contributed by atoms with van der Waals surface area (Å²) in [6.45, 7) is 0. The average molecular weight is 508 g/mol. The van der Waals surface area contributed by atoms with Gasteiger partial charge in [0, 0.05) is 33.7 Å². The molecule has 0 unspecified atom stereocenters. The molecule has 3 aromatic rings. The predicted molar refractivity (Wildman–Crippen MR) is 129 cm³/mol. The second-order valence-corrected chi connectivity index (χ2v) is 8.91. The molecule has 1 heterocycles. The van der Waals surface area contributed by atoms with Crippen LogP contribution in [0.1, 0.15) is 0 Å². The highest BCUT2D eigenvalue weighted by Crippen LogP contribution is 2.30. The van der Waals surface area contributed by atoms with Crippen molar-refractivity contribution in [3.8, 4) is 11.3 Å². The van der Waals surface area contributed by atoms with Crippen LogP contribution in [-0.2, 0) is 14.4 Å². The summed E-state index contributed by atoms with van der Waals surface area (Å²) >= 11 is 14.6. The van der Waals surface area contributed by atoms with Gasteiger partial charge in [0.2, 0.25) is 11.8 Å². The van der Waals surface area contributed by atoms with Crippen molar-refractivity contribution in [2.45, 2.75) is 4.90 Å². The highest BCUT2D eigenvalue weighted by molar-refractivity contribution is 8.00. The van der Waals surface area contributed by atoms with E-state index in [4.69, 9.17) is 28.3 Å². The normalized spacial score (nSPS) is 10.8. The van der Waals surface area contributed by atoms with Crippen LogP contribution in [0, 0.1) is 0 Å². The maximum Gasteiger partial charge on any atom is 0.328 e. The van der Waals surface area contributed by atoms with Crippen LogP contribution < -0.4 is 10.6 Å². The van der Waals surface area contributed by atoms with Crippen LogP contribution >= 0.6 is 46.3 Å². The van der Waals surface area contributed by atoms with Crippen LogP contribution in [-0.4, -0.2) is 33.6 Å². The molecule has 0 aliphatic heterocycles. The number of carboxylic acid groups (broad SMARTS) is 1. The van der Waals surface area contributed by atoms with Crippen LogP contribution in [0.25, 0.3) is 11.3 Å². The molecule has 2 aromatic carbocycles. The molecular formula is C21H15Cl2N3O4S2. The number of aliphatic carboxylic acids is 1. The van der Waals surface area contributed by atoms with E-state index in [2.05, 4.69) is 15.6 Å². The molecular weight excluding hydrogens is 493 g/mol. The second-order valence-electron chi connectivity index (χ2n) is 6.19. The maximum absolute atomic E-state index is 12.3. The SMILES string of the molecule is O=C(O)/C=C/C(=O)Nc1ccc(SCC(=O)Nc2nc(-c3ccc(Cl)c(Cl)c3)cs2)cc1. The number of carboxylic acids is 1. The van der Waals surface area contributed by atoms with Gasteiger partial charge >= 0.3 is 5.97 Å². The first kappa shape index (κ1) is 23.8. The van der Waals surface area contributed by atoms with E-state index in [1.54, 1.807) is 42.5 Å². The minimum Gasteiger partial charge on any atom is -0.478 e. The molecule has 0 bridgehead atoms. The van der Waals surface area contributed by atoms with Crippen molar-refractivity contribution >= 4 is 74.9 Å². The van der Waals surface area contributed by atoms with E-state index in [1.807, 2.05) is 5.38 Å². The van der Waals surface area contributed by atoms with Gasteiger partial charge in [-0.1, -0.05) is 29.3 Å². The molecule has 32 heavy (non-hydrogen) atoms. The molecule has 0 atom stereocenters. The highest BCUT2D eigenvalue weighted by Gasteiger charge is 2.10. The maximum atomic E-state index is 12.3. The van der Waals surface area contributed by atoms with Crippen LogP contribution in [0.3, 0.4) is 0 Å². The van der Waals surface area contributed by atoms with Crippen molar-refractivity contribution < 1.29 is 19.5 Å². The number of benzene rings is 2. The summed E-state index contributed by atoms with van der Waals surface area (Å²) < 4.78 is 0. The Kier molecular flexibility index (Phi) is 8.29.